The molecule has 0 radical (unpaired) electrons. The number of benzene rings is 1. The van der Waals surface area contributed by atoms with Crippen molar-refractivity contribution in [1.29, 1.82) is 0 Å². The summed E-state index contributed by atoms with van der Waals surface area (Å²) in [6.07, 6.45) is 0. The fraction of sp³-hybridized carbons (Fsp3) is 0.190. The van der Waals surface area contributed by atoms with Crippen LogP contribution < -0.4 is 20.6 Å². The molecule has 2 aliphatic rings. The second kappa shape index (κ2) is 11.3. The first-order valence-electron chi connectivity index (χ1n) is 11.2. The van der Waals surface area contributed by atoms with Crippen molar-refractivity contribution in [2.24, 2.45) is 5.16 Å². The van der Waals surface area contributed by atoms with Gasteiger partial charge in [-0.25, -0.2) is 4.79 Å². The number of nitro benzene ring substituents is 1. The van der Waals surface area contributed by atoms with E-state index >= 15 is 0 Å². The molecule has 4 N–H and O–H groups in total. The third-order valence-electron chi connectivity index (χ3n) is 5.90. The normalized spacial score (nSPS) is 19.9. The summed E-state index contributed by atoms with van der Waals surface area (Å²) in [5, 5.41) is 35.6. The first-order valence-corrected chi connectivity index (χ1v) is 14.4. The number of carboxylic acid groups (broad SMARTS) is 1. The molecule has 1 aromatic carbocycles. The number of nitrogen functional groups attached to an aromatic ring is 1. The molecule has 21 heteroatoms. The molecule has 1 saturated heterocycles. The summed E-state index contributed by atoms with van der Waals surface area (Å²) in [6, 6.07) is 3.48. The molecule has 0 bridgehead atoms. The minimum atomic E-state index is -1.82. The molecule has 2 amide bonds. The van der Waals surface area contributed by atoms with Crippen LogP contribution in [0.2, 0.25) is 0 Å². The number of nitrogens with two attached hydrogens (primary N) is 1. The molecule has 17 nitrogen and oxygen atoms in total. The van der Waals surface area contributed by atoms with Gasteiger partial charge in [-0.05, 0) is 6.07 Å². The van der Waals surface area contributed by atoms with Gasteiger partial charge in [-0.15, -0.1) is 33.3 Å². The summed E-state index contributed by atoms with van der Waals surface area (Å²) in [4.78, 5) is 60.2. The Balaban J connectivity index is 1.48. The van der Waals surface area contributed by atoms with E-state index < -0.39 is 39.3 Å². The number of fused-ring (bicyclic) bond motifs is 1. The molecular formula is C21H15N9O8S4. The van der Waals surface area contributed by atoms with Crippen LogP contribution in [0, 0.1) is 10.1 Å². The van der Waals surface area contributed by atoms with Gasteiger partial charge in [0, 0.05) is 34.3 Å². The highest BCUT2D eigenvalue weighted by atomic mass is 32.2. The maximum absolute atomic E-state index is 13.6. The third-order valence-corrected chi connectivity index (χ3v) is 8.92. The number of non-ortho nitro benzene ring substituents is 1. The van der Waals surface area contributed by atoms with Crippen LogP contribution >= 0.6 is 46.8 Å². The van der Waals surface area contributed by atoms with E-state index in [4.69, 9.17) is 27.5 Å². The topological polar surface area (TPSA) is 238 Å². The molecule has 5 rings (SSSR count). The lowest BCUT2D eigenvalue weighted by molar-refractivity contribution is -0.385. The van der Waals surface area contributed by atoms with Crippen molar-refractivity contribution in [1.82, 2.24) is 29.8 Å². The van der Waals surface area contributed by atoms with Gasteiger partial charge in [0.25, 0.3) is 17.5 Å². The zero-order chi connectivity index (χ0) is 30.2. The number of thiocarbonyl (C=S) groups is 1. The molecule has 216 valence electrons. The van der Waals surface area contributed by atoms with Crippen LogP contribution in [-0.2, 0) is 14.4 Å². The molecule has 3 aromatic rings. The van der Waals surface area contributed by atoms with Gasteiger partial charge >= 0.3 is 5.97 Å². The molecule has 1 unspecified atom stereocenters. The number of carbonyl (C=O) groups is 3. The van der Waals surface area contributed by atoms with Gasteiger partial charge in [0.15, 0.2) is 16.4 Å². The molecule has 1 fully saturated rings. The number of β-lactam (4-membered cyclic amide) rings is 1. The number of oxime groups is 1. The number of rotatable bonds is 10. The second-order valence-corrected chi connectivity index (χ2v) is 11.2. The number of nitrogens with zero attached hydrogens (tertiary/aromatic N) is 7. The van der Waals surface area contributed by atoms with Gasteiger partial charge in [-0.1, -0.05) is 17.4 Å². The average molecular weight is 650 g/mol. The Kier molecular flexibility index (Phi) is 7.81. The van der Waals surface area contributed by atoms with Crippen LogP contribution in [0.25, 0.3) is 5.57 Å². The summed E-state index contributed by atoms with van der Waals surface area (Å²) in [7, 11) is 1.29. The highest BCUT2D eigenvalue weighted by Crippen LogP contribution is 2.48. The summed E-state index contributed by atoms with van der Waals surface area (Å²) >= 11 is 8.17. The summed E-state index contributed by atoms with van der Waals surface area (Å²) < 4.78 is 9.12. The first-order chi connectivity index (χ1) is 20.1. The quantitative estimate of drug-likeness (QED) is 0.0910. The largest absolute Gasteiger partial charge is 0.493 e. The van der Waals surface area contributed by atoms with E-state index in [0.717, 1.165) is 51.0 Å². The Morgan fingerprint density at radius 1 is 1.40 bits per heavy atom. The van der Waals surface area contributed by atoms with Gasteiger partial charge < -0.3 is 25.7 Å². The van der Waals surface area contributed by atoms with E-state index in [1.807, 2.05) is 0 Å². The monoisotopic (exact) mass is 649 g/mol. The minimum absolute atomic E-state index is 0.0165. The van der Waals surface area contributed by atoms with Gasteiger partial charge in [-0.3, -0.25) is 24.6 Å². The average Bonchev–Trinajstić information content (AvgIpc) is 3.67. The van der Waals surface area contributed by atoms with Crippen molar-refractivity contribution in [2.45, 2.75) is 10.9 Å². The van der Waals surface area contributed by atoms with Crippen molar-refractivity contribution in [2.75, 3.05) is 18.6 Å². The van der Waals surface area contributed by atoms with Crippen LogP contribution in [0.15, 0.2) is 34.6 Å². The molecule has 2 atom stereocenters. The molecule has 0 aliphatic carbocycles. The van der Waals surface area contributed by atoms with E-state index in [1.165, 1.54) is 24.8 Å². The fourth-order valence-electron chi connectivity index (χ4n) is 4.01. The predicted octanol–water partition coefficient (Wildman–Crippen LogP) is 0.937. The van der Waals surface area contributed by atoms with Crippen LogP contribution in [0.4, 0.5) is 10.8 Å². The fourth-order valence-corrected chi connectivity index (χ4v) is 6.95. The van der Waals surface area contributed by atoms with Crippen molar-refractivity contribution in [3.8, 4) is 11.5 Å². The highest BCUT2D eigenvalue weighted by molar-refractivity contribution is 8.00. The summed E-state index contributed by atoms with van der Waals surface area (Å²) in [5.74, 6) is -3.49. The SMILES string of the molecule is COc1ccc([N+](=O)[O-])cc1ON=C(C(=O)NC1(C=S)C(=O)N2C(C(=O)O)=C(c3nncs3)CS[C@H]21)c1nsc(N)n1. The van der Waals surface area contributed by atoms with Crippen LogP contribution in [-0.4, -0.2) is 87.1 Å². The van der Waals surface area contributed by atoms with Gasteiger partial charge in [0.2, 0.25) is 17.3 Å². The number of amides is 2. The summed E-state index contributed by atoms with van der Waals surface area (Å²) in [5.41, 5.74) is 4.40. The van der Waals surface area contributed by atoms with Crippen molar-refractivity contribution >= 4 is 92.1 Å². The number of aromatic nitrogens is 4. The number of hydrogen-bond acceptors (Lipinski definition) is 17. The maximum atomic E-state index is 13.6. The molecule has 0 saturated carbocycles. The number of methoxy groups -OCH3 is 1. The van der Waals surface area contributed by atoms with Gasteiger partial charge in [0.1, 0.15) is 21.6 Å². The minimum Gasteiger partial charge on any atom is -0.493 e. The smallest absolute Gasteiger partial charge is 0.353 e. The molecule has 2 aromatic heterocycles. The Bertz CT molecular complexity index is 1690. The van der Waals surface area contributed by atoms with Crippen LogP contribution in [0.3, 0.4) is 0 Å². The van der Waals surface area contributed by atoms with E-state index in [-0.39, 0.29) is 39.6 Å². The number of thioether (sulfide) groups is 1. The Morgan fingerprint density at radius 3 is 2.79 bits per heavy atom. The highest BCUT2D eigenvalue weighted by Gasteiger charge is 2.65. The maximum Gasteiger partial charge on any atom is 0.353 e. The number of carbonyl (C=O) groups excluding carboxylic acids is 2. The van der Waals surface area contributed by atoms with Crippen LogP contribution in [0.1, 0.15) is 10.8 Å². The van der Waals surface area contributed by atoms with Crippen molar-refractivity contribution < 1.29 is 34.0 Å². The Morgan fingerprint density at radius 2 is 2.19 bits per heavy atom. The number of ether oxygens (including phenoxy) is 1. The van der Waals surface area contributed by atoms with E-state index in [1.54, 1.807) is 0 Å². The first kappa shape index (κ1) is 28.9. The standard InChI is InChI=1S/C21H15N9O8S4/c1-37-10-3-2-8(30(35)36)4-11(10)38-27-12(14-24-20(22)42-28-14)15(31)25-21(6-39)18(34)29-13(17(32)33)9(5-40-19(21)29)16-26-23-7-41-16/h2-4,6-7,19H,5H2,1H3,(H,25,31)(H,32,33)(H2,22,24,28)/t19-,21?/m0/s1. The zero-order valence-electron chi connectivity index (χ0n) is 20.8. The van der Waals surface area contributed by atoms with Crippen molar-refractivity contribution in [3.63, 3.8) is 0 Å². The molecular weight excluding hydrogens is 635 g/mol. The molecule has 0 spiro atoms. The van der Waals surface area contributed by atoms with E-state index in [9.17, 15) is 29.6 Å². The Labute approximate surface area is 251 Å². The van der Waals surface area contributed by atoms with Gasteiger partial charge in [0.05, 0.1) is 18.1 Å². The molecule has 42 heavy (non-hydrogen) atoms. The number of hydrogen-bond donors (Lipinski definition) is 3. The lowest BCUT2D eigenvalue weighted by Gasteiger charge is -2.55. The Hall–Kier alpha value is -4.60. The lowest BCUT2D eigenvalue weighted by Crippen LogP contribution is -2.80. The molecule has 2 aliphatic heterocycles. The third kappa shape index (κ3) is 4.91. The number of nitrogens with one attached hydrogen (secondary N) is 1. The number of aliphatic carboxylic acids is 1. The van der Waals surface area contributed by atoms with Crippen LogP contribution in [0.5, 0.6) is 11.5 Å². The second-order valence-electron chi connectivity index (χ2n) is 8.24. The number of carboxylic acids is 1. The van der Waals surface area contributed by atoms with Crippen molar-refractivity contribution in [3.05, 3.63) is 50.4 Å². The zero-order valence-corrected chi connectivity index (χ0v) is 24.1. The van der Waals surface area contributed by atoms with Gasteiger partial charge in [-0.2, -0.15) is 9.36 Å². The summed E-state index contributed by atoms with van der Waals surface area (Å²) in [6.45, 7) is 0. The predicted molar refractivity (Wildman–Crippen MR) is 153 cm³/mol. The number of nitro groups is 1. The van der Waals surface area contributed by atoms with E-state index in [0.29, 0.717) is 10.6 Å². The van der Waals surface area contributed by atoms with E-state index in [2.05, 4.69) is 30.0 Å². The number of anilines is 1. The lowest BCUT2D eigenvalue weighted by atomic mass is 9.87. The molecule has 4 heterocycles.